The minimum Gasteiger partial charge on any atom is -0.443 e. The number of halogens is 3. The van der Waals surface area contributed by atoms with E-state index in [2.05, 4.69) is 5.16 Å². The molecule has 7 heteroatoms. The molecule has 0 radical (unpaired) electrons. The Morgan fingerprint density at radius 1 is 1.18 bits per heavy atom. The maximum absolute atomic E-state index is 12.6. The maximum Gasteiger partial charge on any atom is 0.416 e. The van der Waals surface area contributed by atoms with Crippen LogP contribution in [-0.2, 0) is 15.7 Å². The number of oxime groups is 1. The van der Waals surface area contributed by atoms with Gasteiger partial charge < -0.3 is 9.94 Å². The number of hydrogen-bond acceptors (Lipinski definition) is 4. The molecule has 0 saturated heterocycles. The summed E-state index contributed by atoms with van der Waals surface area (Å²) in [7, 11) is 0. The van der Waals surface area contributed by atoms with Crippen LogP contribution < -0.4 is 0 Å². The van der Waals surface area contributed by atoms with Crippen molar-refractivity contribution >= 4 is 11.7 Å². The highest BCUT2D eigenvalue weighted by atomic mass is 19.4. The molecule has 2 aliphatic rings. The van der Waals surface area contributed by atoms with Gasteiger partial charge >= 0.3 is 6.18 Å². The summed E-state index contributed by atoms with van der Waals surface area (Å²) in [6.45, 7) is 0. The topological polar surface area (TPSA) is 58.9 Å². The first kappa shape index (κ1) is 14.6. The normalized spacial score (nSPS) is 23.7. The van der Waals surface area contributed by atoms with Crippen molar-refractivity contribution in [1.82, 2.24) is 0 Å². The molecule has 0 aromatic heterocycles. The van der Waals surface area contributed by atoms with Gasteiger partial charge in [-0.25, -0.2) is 0 Å². The Bertz CT molecular complexity index is 674. The number of nitrogens with zero attached hydrogens (tertiary/aromatic N) is 1. The number of alkyl halides is 3. The lowest BCUT2D eigenvalue weighted by Crippen LogP contribution is -2.17. The summed E-state index contributed by atoms with van der Waals surface area (Å²) in [4.78, 5) is 12.1. The Morgan fingerprint density at radius 2 is 1.86 bits per heavy atom. The van der Waals surface area contributed by atoms with Crippen LogP contribution in [0.25, 0.3) is 0 Å². The van der Waals surface area contributed by atoms with Crippen LogP contribution in [-0.4, -0.2) is 16.9 Å². The van der Waals surface area contributed by atoms with Crippen molar-refractivity contribution in [3.63, 3.8) is 0 Å². The smallest absolute Gasteiger partial charge is 0.416 e. The highest BCUT2D eigenvalue weighted by Gasteiger charge is 2.41. The van der Waals surface area contributed by atoms with Crippen LogP contribution in [0.15, 0.2) is 40.8 Å². The summed E-state index contributed by atoms with van der Waals surface area (Å²) < 4.78 is 43.2. The molecule has 0 fully saturated rings. The largest absolute Gasteiger partial charge is 0.443 e. The number of rotatable bonds is 1. The van der Waals surface area contributed by atoms with E-state index in [9.17, 15) is 18.0 Å². The number of allylic oxidation sites excluding steroid dienone is 1. The molecule has 4 nitrogen and oxygen atoms in total. The lowest BCUT2D eigenvalue weighted by molar-refractivity contribution is -0.137. The van der Waals surface area contributed by atoms with Crippen molar-refractivity contribution in [2.24, 2.45) is 5.16 Å². The average molecular weight is 311 g/mol. The number of hydrogen-bond donors (Lipinski definition) is 1. The second kappa shape index (κ2) is 5.15. The summed E-state index contributed by atoms with van der Waals surface area (Å²) in [6, 6.07) is 4.44. The molecule has 1 aromatic rings. The maximum atomic E-state index is 12.6. The Balaban J connectivity index is 2.01. The van der Waals surface area contributed by atoms with Gasteiger partial charge in [-0.2, -0.15) is 13.2 Å². The zero-order valence-electron chi connectivity index (χ0n) is 11.4. The second-order valence-corrected chi connectivity index (χ2v) is 5.21. The lowest BCUT2D eigenvalue weighted by Gasteiger charge is -2.15. The lowest BCUT2D eigenvalue weighted by atomic mass is 9.84. The van der Waals surface area contributed by atoms with Crippen LogP contribution in [0.5, 0.6) is 0 Å². The van der Waals surface area contributed by atoms with Gasteiger partial charge in [-0.05, 0) is 24.1 Å². The van der Waals surface area contributed by atoms with Crippen LogP contribution in [0.4, 0.5) is 13.2 Å². The molecule has 3 rings (SSSR count). The van der Waals surface area contributed by atoms with E-state index in [1.165, 1.54) is 12.1 Å². The molecule has 1 aliphatic heterocycles. The summed E-state index contributed by atoms with van der Waals surface area (Å²) in [5.74, 6) is -0.478. The first-order chi connectivity index (χ1) is 10.4. The third-order valence-corrected chi connectivity index (χ3v) is 3.84. The Morgan fingerprint density at radius 3 is 2.45 bits per heavy atom. The fraction of sp³-hybridized carbons (Fsp3) is 0.333. The van der Waals surface area contributed by atoms with Crippen molar-refractivity contribution < 1.29 is 27.9 Å². The number of ketones is 1. The van der Waals surface area contributed by atoms with E-state index in [0.717, 1.165) is 12.1 Å². The van der Waals surface area contributed by atoms with E-state index >= 15 is 0 Å². The van der Waals surface area contributed by atoms with Crippen molar-refractivity contribution in [3.05, 3.63) is 46.7 Å². The van der Waals surface area contributed by atoms with E-state index in [1.807, 2.05) is 0 Å². The predicted molar refractivity (Wildman–Crippen MR) is 70.4 cm³/mol. The quantitative estimate of drug-likeness (QED) is 0.636. The van der Waals surface area contributed by atoms with Gasteiger partial charge in [-0.15, -0.1) is 0 Å². The molecule has 1 aromatic carbocycles. The van der Waals surface area contributed by atoms with E-state index in [0.29, 0.717) is 36.2 Å². The van der Waals surface area contributed by atoms with Crippen LogP contribution in [0.2, 0.25) is 0 Å². The number of Topliss-reactive ketones (excluding diaryl/α,β-unsaturated/α-hetero) is 1. The first-order valence-corrected chi connectivity index (χ1v) is 6.75. The molecule has 1 unspecified atom stereocenters. The Labute approximate surface area is 123 Å². The molecule has 22 heavy (non-hydrogen) atoms. The molecule has 0 bridgehead atoms. The van der Waals surface area contributed by atoms with Gasteiger partial charge in [0.25, 0.3) is 0 Å². The van der Waals surface area contributed by atoms with E-state index in [4.69, 9.17) is 9.94 Å². The Kier molecular flexibility index (Phi) is 3.42. The summed E-state index contributed by atoms with van der Waals surface area (Å²) in [5.41, 5.74) is 0.0432. The second-order valence-electron chi connectivity index (χ2n) is 5.21. The molecule has 0 spiro atoms. The van der Waals surface area contributed by atoms with Gasteiger partial charge in [0, 0.05) is 12.8 Å². The fourth-order valence-corrected chi connectivity index (χ4v) is 2.82. The Hall–Kier alpha value is -2.31. The van der Waals surface area contributed by atoms with Crippen molar-refractivity contribution in [3.8, 4) is 0 Å². The standard InChI is InChI=1S/C15H12F3NO3/c16-15(17,18)9-6-4-8(5-7-9)12-13-10(20)2-1-3-11(13)22-14(12)19-21/h4-7,12,21H,1-3H2/b19-14+. The highest BCUT2D eigenvalue weighted by Crippen LogP contribution is 2.42. The zero-order valence-corrected chi connectivity index (χ0v) is 11.4. The molecule has 1 N–H and O–H groups in total. The average Bonchev–Trinajstić information content (AvgIpc) is 2.86. The minimum atomic E-state index is -4.43. The SMILES string of the molecule is O=C1CCCC2=C1C(c1ccc(C(F)(F)F)cc1)/C(=N\O)O2. The van der Waals surface area contributed by atoms with Crippen molar-refractivity contribution in [1.29, 1.82) is 0 Å². The van der Waals surface area contributed by atoms with E-state index in [-0.39, 0.29) is 11.7 Å². The van der Waals surface area contributed by atoms with Gasteiger partial charge in [0.1, 0.15) is 5.76 Å². The number of carbonyl (C=O) groups excluding carboxylic acids is 1. The summed E-state index contributed by atoms with van der Waals surface area (Å²) in [5, 5.41) is 12.1. The van der Waals surface area contributed by atoms with E-state index in [1.54, 1.807) is 0 Å². The molecule has 0 amide bonds. The van der Waals surface area contributed by atoms with E-state index < -0.39 is 17.7 Å². The third-order valence-electron chi connectivity index (χ3n) is 3.84. The monoisotopic (exact) mass is 311 g/mol. The molecule has 1 heterocycles. The van der Waals surface area contributed by atoms with Crippen LogP contribution in [0.3, 0.4) is 0 Å². The summed E-state index contributed by atoms with van der Waals surface area (Å²) in [6.07, 6.45) is -2.87. The predicted octanol–water partition coefficient (Wildman–Crippen LogP) is 3.61. The van der Waals surface area contributed by atoms with Gasteiger partial charge in [0.15, 0.2) is 5.78 Å². The first-order valence-electron chi connectivity index (χ1n) is 6.75. The summed E-state index contributed by atoms with van der Waals surface area (Å²) >= 11 is 0. The van der Waals surface area contributed by atoms with Crippen molar-refractivity contribution in [2.45, 2.75) is 31.4 Å². The molecule has 0 saturated carbocycles. The van der Waals surface area contributed by atoms with Crippen LogP contribution in [0.1, 0.15) is 36.3 Å². The van der Waals surface area contributed by atoms with Gasteiger partial charge in [-0.3, -0.25) is 4.79 Å². The molecular formula is C15H12F3NO3. The zero-order chi connectivity index (χ0) is 15.9. The van der Waals surface area contributed by atoms with Crippen molar-refractivity contribution in [2.75, 3.05) is 0 Å². The fourth-order valence-electron chi connectivity index (χ4n) is 2.82. The molecule has 1 aliphatic carbocycles. The van der Waals surface area contributed by atoms with Gasteiger partial charge in [0.2, 0.25) is 5.90 Å². The number of carbonyl (C=O) groups is 1. The molecular weight excluding hydrogens is 299 g/mol. The van der Waals surface area contributed by atoms with Gasteiger partial charge in [-0.1, -0.05) is 17.3 Å². The highest BCUT2D eigenvalue weighted by molar-refractivity contribution is 6.07. The third kappa shape index (κ3) is 2.36. The van der Waals surface area contributed by atoms with Gasteiger partial charge in [0.05, 0.1) is 17.1 Å². The van der Waals surface area contributed by atoms with Crippen LogP contribution >= 0.6 is 0 Å². The van der Waals surface area contributed by atoms with Crippen LogP contribution in [0, 0.1) is 0 Å². The minimum absolute atomic E-state index is 0.0694. The molecule has 1 atom stereocenters. The number of ether oxygens (including phenoxy) is 1. The number of benzene rings is 1. The molecule has 116 valence electrons.